The molecule has 0 saturated heterocycles. The van der Waals surface area contributed by atoms with Gasteiger partial charge >= 0.3 is 6.18 Å². The van der Waals surface area contributed by atoms with Crippen LogP contribution in [0.4, 0.5) is 13.2 Å². The van der Waals surface area contributed by atoms with E-state index in [0.717, 1.165) is 0 Å². The summed E-state index contributed by atoms with van der Waals surface area (Å²) in [5, 5.41) is 0. The molecule has 0 aliphatic rings. The molecule has 0 bridgehead atoms. The standard InChI is InChI=1S/C4H9F3N2O/c5-4(6,7)3-10-2-1-9-8/h9H,1-3,8H2. The molecule has 0 unspecified atom stereocenters. The molecule has 62 valence electrons. The fourth-order valence-corrected chi connectivity index (χ4v) is 0.319. The zero-order valence-electron chi connectivity index (χ0n) is 5.24. The Labute approximate surface area is 56.3 Å². The summed E-state index contributed by atoms with van der Waals surface area (Å²) in [5.41, 5.74) is 2.16. The van der Waals surface area contributed by atoms with E-state index in [1.54, 1.807) is 0 Å². The van der Waals surface area contributed by atoms with E-state index >= 15 is 0 Å². The lowest BCUT2D eigenvalue weighted by atomic mass is 10.7. The number of nitrogens with two attached hydrogens (primary N) is 1. The number of hydrogen-bond donors (Lipinski definition) is 2. The summed E-state index contributed by atoms with van der Waals surface area (Å²) < 4.78 is 38.1. The lowest BCUT2D eigenvalue weighted by Crippen LogP contribution is -2.28. The predicted molar refractivity (Wildman–Crippen MR) is 29.1 cm³/mol. The third-order valence-electron chi connectivity index (χ3n) is 0.656. The van der Waals surface area contributed by atoms with Crippen LogP contribution < -0.4 is 11.3 Å². The lowest BCUT2D eigenvalue weighted by Gasteiger charge is -2.06. The summed E-state index contributed by atoms with van der Waals surface area (Å²) >= 11 is 0. The first-order valence-electron chi connectivity index (χ1n) is 2.64. The molecular formula is C4H9F3N2O. The molecule has 0 rings (SSSR count). The molecule has 0 aromatic heterocycles. The van der Waals surface area contributed by atoms with Gasteiger partial charge in [-0.2, -0.15) is 13.2 Å². The molecule has 0 heterocycles. The Balaban J connectivity index is 3.04. The van der Waals surface area contributed by atoms with Crippen molar-refractivity contribution in [1.29, 1.82) is 0 Å². The molecule has 0 spiro atoms. The molecule has 0 radical (unpaired) electrons. The Morgan fingerprint density at radius 2 is 2.00 bits per heavy atom. The fourth-order valence-electron chi connectivity index (χ4n) is 0.319. The van der Waals surface area contributed by atoms with Crippen LogP contribution in [0.15, 0.2) is 0 Å². The Hall–Kier alpha value is -0.330. The number of ether oxygens (including phenoxy) is 1. The van der Waals surface area contributed by atoms with Gasteiger partial charge in [0.15, 0.2) is 0 Å². The van der Waals surface area contributed by atoms with E-state index in [1.165, 1.54) is 0 Å². The van der Waals surface area contributed by atoms with Crippen LogP contribution in [-0.2, 0) is 4.74 Å². The maximum absolute atomic E-state index is 11.3. The molecule has 10 heavy (non-hydrogen) atoms. The van der Waals surface area contributed by atoms with Crippen LogP contribution in [0.1, 0.15) is 0 Å². The largest absolute Gasteiger partial charge is 0.411 e. The van der Waals surface area contributed by atoms with Gasteiger partial charge in [-0.1, -0.05) is 0 Å². The molecule has 0 atom stereocenters. The van der Waals surface area contributed by atoms with Crippen molar-refractivity contribution in [2.75, 3.05) is 19.8 Å². The minimum absolute atomic E-state index is 0.0317. The second-order valence-electron chi connectivity index (χ2n) is 1.62. The second kappa shape index (κ2) is 4.48. The average Bonchev–Trinajstić information content (AvgIpc) is 1.78. The Kier molecular flexibility index (Phi) is 4.33. The van der Waals surface area contributed by atoms with Crippen molar-refractivity contribution >= 4 is 0 Å². The van der Waals surface area contributed by atoms with E-state index in [2.05, 4.69) is 10.2 Å². The summed E-state index contributed by atoms with van der Waals surface area (Å²) in [6.45, 7) is -1.03. The molecule has 0 amide bonds. The van der Waals surface area contributed by atoms with Crippen molar-refractivity contribution in [1.82, 2.24) is 5.43 Å². The van der Waals surface area contributed by atoms with Crippen molar-refractivity contribution in [2.45, 2.75) is 6.18 Å². The van der Waals surface area contributed by atoms with Gasteiger partial charge in [0.1, 0.15) is 6.61 Å². The van der Waals surface area contributed by atoms with Crippen molar-refractivity contribution in [3.63, 3.8) is 0 Å². The average molecular weight is 158 g/mol. The molecule has 0 aromatic rings. The molecule has 0 aromatic carbocycles. The maximum atomic E-state index is 11.3. The highest BCUT2D eigenvalue weighted by Crippen LogP contribution is 2.13. The molecule has 0 aliphatic carbocycles. The summed E-state index contributed by atoms with van der Waals surface area (Å²) in [5.74, 6) is 4.77. The van der Waals surface area contributed by atoms with Crippen LogP contribution in [0.5, 0.6) is 0 Å². The van der Waals surface area contributed by atoms with Gasteiger partial charge in [-0.25, -0.2) is 0 Å². The van der Waals surface area contributed by atoms with Crippen LogP contribution in [-0.4, -0.2) is 25.9 Å². The fraction of sp³-hybridized carbons (Fsp3) is 1.00. The van der Waals surface area contributed by atoms with E-state index in [1.807, 2.05) is 0 Å². The summed E-state index contributed by atoms with van der Waals surface area (Å²) in [4.78, 5) is 0. The van der Waals surface area contributed by atoms with Crippen LogP contribution >= 0.6 is 0 Å². The first-order chi connectivity index (χ1) is 4.56. The Morgan fingerprint density at radius 1 is 1.40 bits per heavy atom. The van der Waals surface area contributed by atoms with Gasteiger partial charge in [-0.15, -0.1) is 0 Å². The van der Waals surface area contributed by atoms with E-state index in [4.69, 9.17) is 5.84 Å². The topological polar surface area (TPSA) is 47.3 Å². The van der Waals surface area contributed by atoms with Gasteiger partial charge < -0.3 is 4.74 Å². The van der Waals surface area contributed by atoms with Gasteiger partial charge in [0, 0.05) is 6.54 Å². The second-order valence-corrected chi connectivity index (χ2v) is 1.62. The minimum Gasteiger partial charge on any atom is -0.371 e. The molecule has 0 fully saturated rings. The number of hydrazine groups is 1. The van der Waals surface area contributed by atoms with E-state index < -0.39 is 12.8 Å². The first kappa shape index (κ1) is 9.67. The van der Waals surface area contributed by atoms with Gasteiger partial charge in [-0.3, -0.25) is 11.3 Å². The monoisotopic (exact) mass is 158 g/mol. The van der Waals surface area contributed by atoms with Crippen molar-refractivity contribution in [2.24, 2.45) is 5.84 Å². The van der Waals surface area contributed by atoms with Crippen LogP contribution in [0.25, 0.3) is 0 Å². The molecule has 3 N–H and O–H groups in total. The van der Waals surface area contributed by atoms with Crippen molar-refractivity contribution < 1.29 is 17.9 Å². The van der Waals surface area contributed by atoms with Gasteiger partial charge in [-0.05, 0) is 0 Å². The highest BCUT2D eigenvalue weighted by Gasteiger charge is 2.26. The maximum Gasteiger partial charge on any atom is 0.411 e. The number of nitrogens with one attached hydrogen (secondary N) is 1. The predicted octanol–water partition coefficient (Wildman–Crippen LogP) is 0.0286. The van der Waals surface area contributed by atoms with Crippen LogP contribution in [0.2, 0.25) is 0 Å². The third-order valence-corrected chi connectivity index (χ3v) is 0.656. The third kappa shape index (κ3) is 7.67. The van der Waals surface area contributed by atoms with E-state index in [-0.39, 0.29) is 13.2 Å². The first-order valence-corrected chi connectivity index (χ1v) is 2.64. The number of hydrogen-bond acceptors (Lipinski definition) is 3. The quantitative estimate of drug-likeness (QED) is 0.344. The molecular weight excluding hydrogens is 149 g/mol. The van der Waals surface area contributed by atoms with Crippen molar-refractivity contribution in [3.05, 3.63) is 0 Å². The number of alkyl halides is 3. The van der Waals surface area contributed by atoms with Gasteiger partial charge in [0.2, 0.25) is 0 Å². The minimum atomic E-state index is -4.24. The summed E-state index contributed by atoms with van der Waals surface area (Å²) in [7, 11) is 0. The molecule has 3 nitrogen and oxygen atoms in total. The molecule has 0 saturated carbocycles. The molecule has 0 aliphatic heterocycles. The molecule has 6 heteroatoms. The number of halogens is 3. The van der Waals surface area contributed by atoms with E-state index in [0.29, 0.717) is 0 Å². The number of rotatable bonds is 4. The lowest BCUT2D eigenvalue weighted by molar-refractivity contribution is -0.173. The van der Waals surface area contributed by atoms with Gasteiger partial charge in [0.05, 0.1) is 6.61 Å². The smallest absolute Gasteiger partial charge is 0.371 e. The van der Waals surface area contributed by atoms with E-state index in [9.17, 15) is 13.2 Å². The SMILES string of the molecule is NNCCOCC(F)(F)F. The highest BCUT2D eigenvalue weighted by atomic mass is 19.4. The normalized spacial score (nSPS) is 12.0. The van der Waals surface area contributed by atoms with Crippen molar-refractivity contribution in [3.8, 4) is 0 Å². The van der Waals surface area contributed by atoms with Crippen LogP contribution in [0.3, 0.4) is 0 Å². The zero-order chi connectivity index (χ0) is 8.04. The van der Waals surface area contributed by atoms with Crippen LogP contribution in [0, 0.1) is 0 Å². The summed E-state index contributed by atoms with van der Waals surface area (Å²) in [6, 6.07) is 0. The highest BCUT2D eigenvalue weighted by molar-refractivity contribution is 4.45. The van der Waals surface area contributed by atoms with Gasteiger partial charge in [0.25, 0.3) is 0 Å². The zero-order valence-corrected chi connectivity index (χ0v) is 5.24. The Bertz CT molecular complexity index is 85.1. The Morgan fingerprint density at radius 3 is 2.40 bits per heavy atom. The summed E-state index contributed by atoms with van der Waals surface area (Å²) in [6.07, 6.45) is -4.24.